The molecule has 11 N–H and O–H groups in total. The largest absolute Gasteiger partial charge is 0.388 e. The van der Waals surface area contributed by atoms with Gasteiger partial charge in [-0.05, 0) is 266 Å². The molecule has 0 bridgehead atoms. The molecule has 0 radical (unpaired) electrons. The van der Waals surface area contributed by atoms with E-state index in [1.54, 1.807) is 19.2 Å². The van der Waals surface area contributed by atoms with Crippen LogP contribution in [0.3, 0.4) is 0 Å². The summed E-state index contributed by atoms with van der Waals surface area (Å²) >= 11 is 8.99. The summed E-state index contributed by atoms with van der Waals surface area (Å²) in [5.74, 6) is 1.05. The van der Waals surface area contributed by atoms with Crippen molar-refractivity contribution in [1.82, 2.24) is 0 Å². The number of aryl methyl sites for hydroxylation is 5. The van der Waals surface area contributed by atoms with Crippen LogP contribution in [-0.4, -0.2) is 77.5 Å². The van der Waals surface area contributed by atoms with Crippen LogP contribution in [0.2, 0.25) is 5.02 Å². The number of para-hydroxylation sites is 1. The Bertz CT molecular complexity index is 3840. The number of halogens is 3. The zero-order valence-electron chi connectivity index (χ0n) is 71.9. The van der Waals surface area contributed by atoms with Gasteiger partial charge in [0.2, 0.25) is 0 Å². The van der Waals surface area contributed by atoms with Crippen LogP contribution in [0.25, 0.3) is 0 Å². The number of unbranched alkanes of at least 4 members (excludes halogenated alkanes) is 1. The molecule has 0 saturated carbocycles. The molecular formula is C98H138BrClFN11. The lowest BCUT2D eigenvalue weighted by Gasteiger charge is -2.18. The second-order valence-corrected chi connectivity index (χ2v) is 29.0. The molecule has 11 aromatic rings. The first-order chi connectivity index (χ1) is 53.7. The van der Waals surface area contributed by atoms with Crippen molar-refractivity contribution in [2.24, 2.45) is 0 Å². The molecule has 11 nitrogen and oxygen atoms in total. The van der Waals surface area contributed by atoms with Crippen LogP contribution in [0.4, 0.5) is 67.0 Å². The van der Waals surface area contributed by atoms with Crippen molar-refractivity contribution in [3.63, 3.8) is 0 Å². The molecule has 11 rings (SSSR count). The first kappa shape index (κ1) is 99.9. The Balaban J connectivity index is 0.000000617. The van der Waals surface area contributed by atoms with Gasteiger partial charge in [-0.3, -0.25) is 0 Å². The van der Waals surface area contributed by atoms with Gasteiger partial charge in [-0.1, -0.05) is 212 Å². The maximum absolute atomic E-state index is 12.2. The van der Waals surface area contributed by atoms with Crippen molar-refractivity contribution >= 4 is 90.1 Å². The molecule has 606 valence electrons. The smallest absolute Gasteiger partial charge is 0.123 e. The minimum absolute atomic E-state index is 0.200. The van der Waals surface area contributed by atoms with Crippen molar-refractivity contribution in [1.29, 1.82) is 0 Å². The van der Waals surface area contributed by atoms with Crippen molar-refractivity contribution < 1.29 is 4.39 Å². The summed E-state index contributed by atoms with van der Waals surface area (Å²) in [5.41, 5.74) is 24.0. The van der Waals surface area contributed by atoms with Crippen molar-refractivity contribution in [3.8, 4) is 0 Å². The monoisotopic (exact) mass is 1600 g/mol. The summed E-state index contributed by atoms with van der Waals surface area (Å²) in [7, 11) is 21.1. The summed E-state index contributed by atoms with van der Waals surface area (Å²) in [6.07, 6.45) is 7.29. The summed E-state index contributed by atoms with van der Waals surface area (Å²) in [6, 6.07) is 89.6. The van der Waals surface area contributed by atoms with E-state index >= 15 is 0 Å². The van der Waals surface area contributed by atoms with Crippen molar-refractivity contribution in [2.45, 2.75) is 139 Å². The van der Waals surface area contributed by atoms with Crippen LogP contribution in [0.5, 0.6) is 0 Å². The fourth-order valence-electron chi connectivity index (χ4n) is 10.1. The van der Waals surface area contributed by atoms with Crippen LogP contribution in [0.15, 0.2) is 271 Å². The van der Waals surface area contributed by atoms with Gasteiger partial charge in [0.25, 0.3) is 0 Å². The van der Waals surface area contributed by atoms with Gasteiger partial charge in [-0.25, -0.2) is 4.39 Å². The zero-order valence-corrected chi connectivity index (χ0v) is 74.3. The second-order valence-electron chi connectivity index (χ2n) is 27.6. The number of rotatable bonds is 19. The highest BCUT2D eigenvalue weighted by atomic mass is 79.9. The van der Waals surface area contributed by atoms with Crippen LogP contribution < -0.4 is 58.5 Å². The van der Waals surface area contributed by atoms with Gasteiger partial charge in [-0.2, -0.15) is 0 Å². The van der Waals surface area contributed by atoms with E-state index < -0.39 is 0 Å². The lowest BCUT2D eigenvalue weighted by molar-refractivity contribution is 0.590. The maximum Gasteiger partial charge on any atom is 0.123 e. The van der Waals surface area contributed by atoms with E-state index in [0.29, 0.717) is 11.8 Å². The average Bonchev–Trinajstić information content (AvgIpc) is 0.862. The van der Waals surface area contributed by atoms with Gasteiger partial charge in [-0.15, -0.1) is 0 Å². The normalized spacial score (nSPS) is 9.71. The molecule has 0 spiro atoms. The molecule has 0 amide bonds. The fraction of sp³-hybridized carbons (Fsp3) is 0.327. The highest BCUT2D eigenvalue weighted by Gasteiger charge is 2.12. The Hall–Kier alpha value is -10.1. The SMILES string of the molecule is CCCCc1ccc(NC)cc1.CCCc1ccc(NC)cc1.CCc1ccc(NC)cc1.CNc1ccc(Br)cc1.CNc1ccc(C(C)(C)C)cc1.CNc1ccc(C(C)C)c(C)c1.CNc1ccc(C(C)C)cc1.CNc1ccc(C)cc1.CNc1ccc(Cl)cc1.CNc1ccc(F)cc1.CNc1ccccc1. The number of hydrogen-bond donors (Lipinski definition) is 11. The maximum atomic E-state index is 12.2. The number of hydrogen-bond acceptors (Lipinski definition) is 11. The highest BCUT2D eigenvalue weighted by Crippen LogP contribution is 2.25. The van der Waals surface area contributed by atoms with Crippen molar-refractivity contribution in [3.05, 3.63) is 327 Å². The predicted molar refractivity (Wildman–Crippen MR) is 507 cm³/mol. The predicted octanol–water partition coefficient (Wildman–Crippen LogP) is 27.6. The molecule has 112 heavy (non-hydrogen) atoms. The summed E-state index contributed by atoms with van der Waals surface area (Å²) in [4.78, 5) is 0. The highest BCUT2D eigenvalue weighted by molar-refractivity contribution is 9.10. The molecule has 0 aliphatic heterocycles. The van der Waals surface area contributed by atoms with E-state index in [4.69, 9.17) is 11.6 Å². The van der Waals surface area contributed by atoms with Crippen molar-refractivity contribution in [2.75, 3.05) is 136 Å². The van der Waals surface area contributed by atoms with E-state index in [0.717, 1.165) is 38.7 Å². The lowest BCUT2D eigenvalue weighted by Crippen LogP contribution is -2.10. The third kappa shape index (κ3) is 45.9. The van der Waals surface area contributed by atoms with Crippen LogP contribution >= 0.6 is 27.5 Å². The quantitative estimate of drug-likeness (QED) is 0.0378. The fourth-order valence-corrected chi connectivity index (χ4v) is 10.5. The Morgan fingerprint density at radius 2 is 0.652 bits per heavy atom. The number of benzene rings is 11. The first-order valence-electron chi connectivity index (χ1n) is 39.2. The second kappa shape index (κ2) is 60.6. The summed E-state index contributed by atoms with van der Waals surface area (Å²) in [5, 5.41) is 34.4. The Kier molecular flexibility index (Phi) is 54.1. The van der Waals surface area contributed by atoms with Gasteiger partial charge in [0.05, 0.1) is 0 Å². The molecule has 0 heterocycles. The van der Waals surface area contributed by atoms with E-state index in [1.165, 1.54) is 129 Å². The average molecular weight is 1600 g/mol. The first-order valence-corrected chi connectivity index (χ1v) is 40.3. The third-order valence-corrected chi connectivity index (χ3v) is 18.2. The van der Waals surface area contributed by atoms with Gasteiger partial charge in [0, 0.05) is 150 Å². The molecule has 0 aliphatic rings. The molecular weight excluding hydrogens is 1470 g/mol. The topological polar surface area (TPSA) is 132 Å². The minimum atomic E-state index is -0.200. The Labute approximate surface area is 691 Å². The van der Waals surface area contributed by atoms with E-state index in [1.807, 2.05) is 149 Å². The zero-order chi connectivity index (χ0) is 83.5. The molecule has 11 aromatic carbocycles. The molecule has 0 aromatic heterocycles. The number of anilines is 11. The molecule has 14 heteroatoms. The molecule has 0 atom stereocenters. The summed E-state index contributed by atoms with van der Waals surface area (Å²) < 4.78 is 13.3. The van der Waals surface area contributed by atoms with E-state index in [2.05, 4.69) is 321 Å². The molecule has 0 saturated heterocycles. The molecule has 0 unspecified atom stereocenters. The van der Waals surface area contributed by atoms with Crippen LogP contribution in [0.1, 0.15) is 145 Å². The third-order valence-electron chi connectivity index (χ3n) is 17.4. The van der Waals surface area contributed by atoms with Gasteiger partial charge < -0.3 is 58.5 Å². The Morgan fingerprint density at radius 1 is 0.339 bits per heavy atom. The van der Waals surface area contributed by atoms with Crippen LogP contribution in [0, 0.1) is 19.7 Å². The Morgan fingerprint density at radius 3 is 0.973 bits per heavy atom. The van der Waals surface area contributed by atoms with Gasteiger partial charge >= 0.3 is 0 Å². The van der Waals surface area contributed by atoms with Gasteiger partial charge in [0.1, 0.15) is 5.82 Å². The van der Waals surface area contributed by atoms with Crippen LogP contribution in [-0.2, 0) is 24.7 Å². The lowest BCUT2D eigenvalue weighted by atomic mass is 9.87. The number of nitrogens with one attached hydrogen (secondary N) is 11. The molecule has 0 aliphatic carbocycles. The minimum Gasteiger partial charge on any atom is -0.388 e. The van der Waals surface area contributed by atoms with E-state index in [-0.39, 0.29) is 11.2 Å². The van der Waals surface area contributed by atoms with E-state index in [9.17, 15) is 4.39 Å². The summed E-state index contributed by atoms with van der Waals surface area (Å²) in [6.45, 7) is 26.4. The molecule has 0 fully saturated rings. The van der Waals surface area contributed by atoms with Gasteiger partial charge in [0.15, 0.2) is 0 Å². The standard InChI is InChI=1S/3C11H17N.2C10H15N.C9H13N.C8H11N.C7H8BrN.C7H8ClN.C7H8FN.C7H9N/c1-11(2,3)9-5-7-10(12-4)8-6-9;1-8(2)11-6-5-10(12-4)7-9(11)3;1-3-4-5-10-6-8-11(12-2)9-7-10;1-8(2)9-4-6-10(11-3)7-5-9;1-3-4-9-5-7-10(11-2)8-6-9;1-3-8-4-6-9(10-2)7-5-8;1-7-3-5-8(9-2)6-4-7;3*1-9-7-4-2-6(8)3-5-7;1-8-7-5-3-2-4-6-7/h2*5-8,12H,1-4H3;6-9,12H,3-5H2,1-2H3;4-8,11H,1-3H3;5-8,11H,3-4H2,1-2H3;4-7,10H,3H2,1-2H3;3-6,9H,1-2H3;3*2-5,9H,1H3;2-6,8H,1H3.